The average molecular weight is 539 g/mol. The lowest BCUT2D eigenvalue weighted by Gasteiger charge is -2.25. The van der Waals surface area contributed by atoms with Gasteiger partial charge in [-0.25, -0.2) is 4.98 Å². The molecule has 0 saturated carbocycles. The van der Waals surface area contributed by atoms with Crippen LogP contribution in [-0.4, -0.2) is 25.8 Å². The first-order chi connectivity index (χ1) is 18.2. The summed E-state index contributed by atoms with van der Waals surface area (Å²) in [7, 11) is -1.30. The van der Waals surface area contributed by atoms with Crippen LogP contribution in [0, 0.1) is 0 Å². The molecule has 0 bridgehead atoms. The first kappa shape index (κ1) is 24.5. The van der Waals surface area contributed by atoms with E-state index in [-0.39, 0.29) is 12.1 Å². The first-order valence-corrected chi connectivity index (χ1v) is 13.2. The molecule has 1 amide bonds. The van der Waals surface area contributed by atoms with E-state index in [2.05, 4.69) is 9.97 Å². The van der Waals surface area contributed by atoms with Crippen LogP contribution in [0.25, 0.3) is 10.9 Å². The van der Waals surface area contributed by atoms with Gasteiger partial charge < -0.3 is 15.4 Å². The molecule has 2 aliphatic rings. The van der Waals surface area contributed by atoms with E-state index in [0.717, 1.165) is 46.0 Å². The zero-order valence-corrected chi connectivity index (χ0v) is 20.7. The highest BCUT2D eigenvalue weighted by Crippen LogP contribution is 2.36. The Bertz CT molecular complexity index is 1620. The van der Waals surface area contributed by atoms with Gasteiger partial charge in [0, 0.05) is 22.9 Å². The number of nitrogen functional groups attached to an aromatic ring is 1. The Balaban J connectivity index is 1.43. The van der Waals surface area contributed by atoms with Gasteiger partial charge in [-0.05, 0) is 47.4 Å². The third-order valence-electron chi connectivity index (χ3n) is 6.83. The quantitative estimate of drug-likeness (QED) is 0.402. The topological polar surface area (TPSA) is 98.4 Å². The number of aryl methyl sites for hydroxylation is 1. The minimum Gasteiger partial charge on any atom is -0.383 e. The van der Waals surface area contributed by atoms with Crippen LogP contribution < -0.4 is 10.6 Å². The summed E-state index contributed by atoms with van der Waals surface area (Å²) in [6.07, 6.45) is -3.08. The molecule has 194 valence electrons. The van der Waals surface area contributed by atoms with Crippen molar-refractivity contribution < 1.29 is 26.9 Å². The molecule has 0 radical (unpaired) electrons. The van der Waals surface area contributed by atoms with Crippen molar-refractivity contribution in [2.24, 2.45) is 0 Å². The number of benzene rings is 2. The van der Waals surface area contributed by atoms with Crippen molar-refractivity contribution in [3.05, 3.63) is 88.2 Å². The van der Waals surface area contributed by atoms with Crippen LogP contribution in [0.5, 0.6) is 0 Å². The molecule has 0 spiro atoms. The second-order valence-corrected chi connectivity index (χ2v) is 10.7. The maximum atomic E-state index is 13.7. The minimum atomic E-state index is -4.62. The van der Waals surface area contributed by atoms with Gasteiger partial charge in [0.25, 0.3) is 5.91 Å². The summed E-state index contributed by atoms with van der Waals surface area (Å²) in [5.74, 6) is 0.281. The molecule has 11 heteroatoms. The lowest BCUT2D eigenvalue weighted by Crippen LogP contribution is -2.31. The van der Waals surface area contributed by atoms with Crippen LogP contribution in [0.1, 0.15) is 38.3 Å². The summed E-state index contributed by atoms with van der Waals surface area (Å²) >= 11 is 0. The lowest BCUT2D eigenvalue weighted by atomic mass is 10.0. The predicted octanol–water partition coefficient (Wildman–Crippen LogP) is 4.77. The molecule has 1 unspecified atom stereocenters. The highest BCUT2D eigenvalue weighted by Gasteiger charge is 2.33. The number of rotatable bonds is 4. The van der Waals surface area contributed by atoms with Gasteiger partial charge in [-0.3, -0.25) is 14.0 Å². The molecular formula is C27H21F3N4O3S. The number of anilines is 2. The van der Waals surface area contributed by atoms with Gasteiger partial charge >= 0.3 is 6.18 Å². The number of aromatic nitrogens is 2. The van der Waals surface area contributed by atoms with E-state index in [1.54, 1.807) is 12.1 Å². The summed E-state index contributed by atoms with van der Waals surface area (Å²) in [6, 6.07) is 12.9. The van der Waals surface area contributed by atoms with Crippen molar-refractivity contribution in [1.29, 1.82) is 0 Å². The molecule has 0 aliphatic carbocycles. The summed E-state index contributed by atoms with van der Waals surface area (Å²) in [5, 5.41) is 0.905. The second kappa shape index (κ2) is 9.17. The smallest absolute Gasteiger partial charge is 0.383 e. The van der Waals surface area contributed by atoms with Crippen molar-refractivity contribution in [3.8, 4) is 0 Å². The number of alkyl halides is 3. The largest absolute Gasteiger partial charge is 0.433 e. The molecule has 7 nitrogen and oxygen atoms in total. The van der Waals surface area contributed by atoms with E-state index in [4.69, 9.17) is 10.5 Å². The number of ether oxygens (including phenoxy) is 1. The summed E-state index contributed by atoms with van der Waals surface area (Å²) in [5.41, 5.74) is 9.61. The maximum Gasteiger partial charge on any atom is 0.433 e. The number of fused-ring (bicyclic) bond motifs is 4. The summed E-state index contributed by atoms with van der Waals surface area (Å²) in [4.78, 5) is 23.7. The van der Waals surface area contributed by atoms with E-state index in [9.17, 15) is 22.2 Å². The fraction of sp³-hybridized carbons (Fsp3) is 0.222. The van der Waals surface area contributed by atoms with Crippen LogP contribution in [0.3, 0.4) is 0 Å². The number of nitrogens with two attached hydrogens (primary N) is 1. The van der Waals surface area contributed by atoms with Crippen LogP contribution in [0.15, 0.2) is 59.6 Å². The number of pyridine rings is 2. The fourth-order valence-corrected chi connectivity index (χ4v) is 6.44. The van der Waals surface area contributed by atoms with Crippen molar-refractivity contribution >= 4 is 39.1 Å². The lowest BCUT2D eigenvalue weighted by molar-refractivity contribution is -0.141. The minimum absolute atomic E-state index is 0.0162. The van der Waals surface area contributed by atoms with Gasteiger partial charge in [0.1, 0.15) is 11.5 Å². The molecular weight excluding hydrogens is 517 g/mol. The molecule has 38 heavy (non-hydrogen) atoms. The predicted molar refractivity (Wildman–Crippen MR) is 136 cm³/mol. The van der Waals surface area contributed by atoms with Gasteiger partial charge in [-0.15, -0.1) is 0 Å². The van der Waals surface area contributed by atoms with E-state index in [1.807, 2.05) is 24.3 Å². The average Bonchev–Trinajstić information content (AvgIpc) is 3.54. The number of hydrogen-bond acceptors (Lipinski definition) is 6. The third-order valence-corrected chi connectivity index (χ3v) is 8.33. The standard InChI is InChI=1S/C27H21F3N4O3S/c28-27(29,30)23-7-5-17(11-32-23)26(35)34(22-3-1-2-16-8-9-38(36)24(16)22)12-15-4-6-18-19-13-37-14-20(19)25(31)33-21(18)10-15/h1-7,10-11H,8-9,12-14H2,(H2,31,33). The molecule has 4 heterocycles. The van der Waals surface area contributed by atoms with Crippen molar-refractivity contribution in [2.45, 2.75) is 37.3 Å². The van der Waals surface area contributed by atoms with Crippen LogP contribution >= 0.6 is 0 Å². The maximum absolute atomic E-state index is 13.7. The van der Waals surface area contributed by atoms with Gasteiger partial charge in [0.15, 0.2) is 0 Å². The van der Waals surface area contributed by atoms with Gasteiger partial charge in [0.05, 0.1) is 52.2 Å². The Morgan fingerprint density at radius 1 is 1.11 bits per heavy atom. The summed E-state index contributed by atoms with van der Waals surface area (Å²) < 4.78 is 57.6. The Labute approximate surface area is 217 Å². The number of carbonyl (C=O) groups excluding carboxylic acids is 1. The highest BCUT2D eigenvalue weighted by molar-refractivity contribution is 7.85. The van der Waals surface area contributed by atoms with E-state index in [0.29, 0.717) is 47.3 Å². The molecule has 2 aliphatic heterocycles. The van der Waals surface area contributed by atoms with Crippen molar-refractivity contribution in [1.82, 2.24) is 9.97 Å². The monoisotopic (exact) mass is 538 g/mol. The molecule has 0 saturated heterocycles. The second-order valence-electron chi connectivity index (χ2n) is 9.18. The molecule has 4 aromatic rings. The first-order valence-electron chi connectivity index (χ1n) is 11.8. The molecule has 2 N–H and O–H groups in total. The Kier molecular flexibility index (Phi) is 5.92. The third kappa shape index (κ3) is 4.21. The normalized spacial score (nSPS) is 16.4. The number of nitrogens with zero attached hydrogens (tertiary/aromatic N) is 3. The molecule has 1 atom stereocenters. The SMILES string of the molecule is Nc1nc2cc(CN(C(=O)c3ccc(C(F)(F)F)nc3)c3cccc4c3S(=O)CC4)ccc2c2c1COC2. The van der Waals surface area contributed by atoms with Crippen LogP contribution in [0.2, 0.25) is 0 Å². The van der Waals surface area contributed by atoms with Crippen molar-refractivity contribution in [2.75, 3.05) is 16.4 Å². The fourth-order valence-electron chi connectivity index (χ4n) is 4.96. The van der Waals surface area contributed by atoms with E-state index >= 15 is 0 Å². The number of halogens is 3. The van der Waals surface area contributed by atoms with Crippen LogP contribution in [-0.2, 0) is 47.9 Å². The van der Waals surface area contributed by atoms with Crippen LogP contribution in [0.4, 0.5) is 24.7 Å². The number of carbonyl (C=O) groups is 1. The molecule has 0 fully saturated rings. The number of amides is 1. The zero-order valence-electron chi connectivity index (χ0n) is 19.9. The Morgan fingerprint density at radius 3 is 2.68 bits per heavy atom. The zero-order chi connectivity index (χ0) is 26.6. The molecule has 2 aromatic carbocycles. The van der Waals surface area contributed by atoms with Gasteiger partial charge in [0.2, 0.25) is 0 Å². The van der Waals surface area contributed by atoms with E-state index < -0.39 is 28.6 Å². The van der Waals surface area contributed by atoms with Gasteiger partial charge in [-0.2, -0.15) is 13.2 Å². The summed E-state index contributed by atoms with van der Waals surface area (Å²) in [6.45, 7) is 0.912. The molecule has 2 aromatic heterocycles. The van der Waals surface area contributed by atoms with Crippen molar-refractivity contribution in [3.63, 3.8) is 0 Å². The van der Waals surface area contributed by atoms with Gasteiger partial charge in [-0.1, -0.05) is 24.3 Å². The Hall–Kier alpha value is -3.83. The number of hydrogen-bond donors (Lipinski definition) is 1. The Morgan fingerprint density at radius 2 is 1.92 bits per heavy atom. The molecule has 6 rings (SSSR count). The van der Waals surface area contributed by atoms with E-state index in [1.165, 1.54) is 4.90 Å². The highest BCUT2D eigenvalue weighted by atomic mass is 32.2.